The third-order valence-electron chi connectivity index (χ3n) is 3.70. The van der Waals surface area contributed by atoms with Crippen molar-refractivity contribution in [2.45, 2.75) is 58.0 Å². The summed E-state index contributed by atoms with van der Waals surface area (Å²) >= 11 is 1.35. The van der Waals surface area contributed by atoms with E-state index in [1.54, 1.807) is 0 Å². The normalized spacial score (nSPS) is 16.4. The average molecular weight is 296 g/mol. The van der Waals surface area contributed by atoms with Gasteiger partial charge in [0, 0.05) is 19.1 Å². The highest BCUT2D eigenvalue weighted by Gasteiger charge is 2.26. The van der Waals surface area contributed by atoms with Crippen molar-refractivity contribution in [1.29, 1.82) is 0 Å². The molecule has 1 aliphatic rings. The lowest BCUT2D eigenvalue weighted by molar-refractivity contribution is 0.0702. The molecule has 0 unspecified atom stereocenters. The monoisotopic (exact) mass is 296 g/mol. The van der Waals surface area contributed by atoms with Crippen LogP contribution in [0, 0.1) is 0 Å². The van der Waals surface area contributed by atoms with Crippen molar-refractivity contribution in [3.8, 4) is 0 Å². The van der Waals surface area contributed by atoms with E-state index >= 15 is 0 Å². The highest BCUT2D eigenvalue weighted by atomic mass is 32.1. The predicted molar refractivity (Wildman–Crippen MR) is 84.3 cm³/mol. The number of nitrogen functional groups attached to an aromatic ring is 1. The molecule has 112 valence electrons. The topological polar surface area (TPSA) is 71.2 Å². The molecule has 0 spiro atoms. The number of hydrogen-bond acceptors (Lipinski definition) is 5. The van der Waals surface area contributed by atoms with Gasteiger partial charge in [0.15, 0.2) is 5.13 Å². The molecule has 1 aliphatic carbocycles. The first-order valence-corrected chi connectivity index (χ1v) is 8.10. The lowest BCUT2D eigenvalue weighted by atomic mass is 9.94. The van der Waals surface area contributed by atoms with E-state index in [9.17, 15) is 4.79 Å². The van der Waals surface area contributed by atoms with Crippen LogP contribution in [-0.4, -0.2) is 34.9 Å². The van der Waals surface area contributed by atoms with Gasteiger partial charge in [-0.3, -0.25) is 4.79 Å². The third-order valence-corrected chi connectivity index (χ3v) is 4.69. The number of hydrogen-bond donors (Lipinski definition) is 2. The van der Waals surface area contributed by atoms with Crippen LogP contribution in [0.2, 0.25) is 0 Å². The Morgan fingerprint density at radius 3 is 2.65 bits per heavy atom. The zero-order valence-corrected chi connectivity index (χ0v) is 13.3. The molecule has 1 fully saturated rings. The van der Waals surface area contributed by atoms with Gasteiger partial charge in [0.05, 0.1) is 0 Å². The van der Waals surface area contributed by atoms with E-state index in [-0.39, 0.29) is 11.9 Å². The molecule has 0 atom stereocenters. The fourth-order valence-electron chi connectivity index (χ4n) is 2.59. The molecule has 5 nitrogen and oxygen atoms in total. The van der Waals surface area contributed by atoms with Gasteiger partial charge in [0.25, 0.3) is 5.91 Å². The molecule has 6 heteroatoms. The summed E-state index contributed by atoms with van der Waals surface area (Å²) in [6.45, 7) is 4.07. The molecule has 0 bridgehead atoms. The van der Waals surface area contributed by atoms with Crippen molar-refractivity contribution in [1.82, 2.24) is 9.88 Å². The highest BCUT2D eigenvalue weighted by Crippen LogP contribution is 2.29. The van der Waals surface area contributed by atoms with Crippen molar-refractivity contribution in [2.75, 3.05) is 18.1 Å². The Balaban J connectivity index is 2.09. The molecule has 3 N–H and O–H groups in total. The Kier molecular flexibility index (Phi) is 4.86. The fourth-order valence-corrected chi connectivity index (χ4v) is 3.60. The van der Waals surface area contributed by atoms with Crippen molar-refractivity contribution < 1.29 is 4.79 Å². The highest BCUT2D eigenvalue weighted by molar-refractivity contribution is 7.18. The first-order valence-electron chi connectivity index (χ1n) is 7.29. The number of nitrogens with zero attached hydrogens (tertiary/aromatic N) is 2. The van der Waals surface area contributed by atoms with E-state index < -0.39 is 0 Å². The minimum absolute atomic E-state index is 0.00343. The maximum absolute atomic E-state index is 12.6. The van der Waals surface area contributed by atoms with Crippen molar-refractivity contribution in [3.63, 3.8) is 0 Å². The Morgan fingerprint density at radius 1 is 1.40 bits per heavy atom. The number of carbonyl (C=O) groups is 1. The molecule has 0 aliphatic heterocycles. The third kappa shape index (κ3) is 3.42. The van der Waals surface area contributed by atoms with Crippen LogP contribution >= 0.6 is 11.3 Å². The molecule has 20 heavy (non-hydrogen) atoms. The molecule has 1 amide bonds. The molecule has 1 aromatic rings. The molecule has 1 saturated carbocycles. The summed E-state index contributed by atoms with van der Waals surface area (Å²) in [4.78, 5) is 19.2. The Morgan fingerprint density at radius 2 is 2.05 bits per heavy atom. The van der Waals surface area contributed by atoms with Crippen LogP contribution in [0.3, 0.4) is 0 Å². The van der Waals surface area contributed by atoms with Gasteiger partial charge < -0.3 is 16.0 Å². The summed E-state index contributed by atoms with van der Waals surface area (Å²) in [6.07, 6.45) is 5.89. The summed E-state index contributed by atoms with van der Waals surface area (Å²) in [5.41, 5.74) is 5.90. The first-order chi connectivity index (χ1) is 9.49. The number of nitrogens with two attached hydrogens (primary N) is 1. The van der Waals surface area contributed by atoms with Crippen LogP contribution < -0.4 is 11.1 Å². The van der Waals surface area contributed by atoms with Crippen molar-refractivity contribution in [3.05, 3.63) is 4.88 Å². The summed E-state index contributed by atoms with van der Waals surface area (Å²) in [7, 11) is 1.88. The summed E-state index contributed by atoms with van der Waals surface area (Å²) in [5, 5.41) is 3.92. The summed E-state index contributed by atoms with van der Waals surface area (Å²) in [6, 6.07) is 0.624. The largest absolute Gasteiger partial charge is 0.382 e. The first kappa shape index (κ1) is 15.1. The predicted octanol–water partition coefficient (Wildman–Crippen LogP) is 2.95. The number of rotatable bonds is 4. The van der Waals surface area contributed by atoms with Gasteiger partial charge in [-0.05, 0) is 26.7 Å². The minimum atomic E-state index is 0.00343. The second kappa shape index (κ2) is 6.43. The Hall–Kier alpha value is -1.30. The minimum Gasteiger partial charge on any atom is -0.382 e. The van der Waals surface area contributed by atoms with Crippen molar-refractivity contribution >= 4 is 28.2 Å². The van der Waals surface area contributed by atoms with Gasteiger partial charge in [0.1, 0.15) is 10.7 Å². The van der Waals surface area contributed by atoms with E-state index in [1.165, 1.54) is 30.6 Å². The van der Waals surface area contributed by atoms with Gasteiger partial charge in [-0.15, -0.1) is 0 Å². The Labute approximate surface area is 124 Å². The maximum atomic E-state index is 12.6. The van der Waals surface area contributed by atoms with Gasteiger partial charge >= 0.3 is 0 Å². The number of aromatic nitrogens is 1. The van der Waals surface area contributed by atoms with Crippen LogP contribution in [-0.2, 0) is 0 Å². The average Bonchev–Trinajstić information content (AvgIpc) is 2.78. The van der Waals surface area contributed by atoms with Gasteiger partial charge in [-0.25, -0.2) is 4.98 Å². The van der Waals surface area contributed by atoms with Crippen LogP contribution in [0.15, 0.2) is 0 Å². The standard InChI is InChI=1S/C14H24N4OS/c1-9(2)16-14-17-12(15)11(20-14)13(19)18(3)10-7-5-4-6-8-10/h9-10H,4-8,15H2,1-3H3,(H,16,17). The zero-order valence-electron chi connectivity index (χ0n) is 12.5. The van der Waals surface area contributed by atoms with Crippen LogP contribution in [0.4, 0.5) is 10.9 Å². The number of amides is 1. The number of anilines is 2. The van der Waals surface area contributed by atoms with Crippen LogP contribution in [0.1, 0.15) is 55.6 Å². The Bertz CT molecular complexity index is 466. The molecule has 1 heterocycles. The zero-order chi connectivity index (χ0) is 14.7. The van der Waals surface area contributed by atoms with Gasteiger partial charge in [-0.1, -0.05) is 30.6 Å². The quantitative estimate of drug-likeness (QED) is 0.896. The van der Waals surface area contributed by atoms with Crippen LogP contribution in [0.25, 0.3) is 0 Å². The van der Waals surface area contributed by atoms with Gasteiger partial charge in [0.2, 0.25) is 0 Å². The number of carbonyl (C=O) groups excluding carboxylic acids is 1. The van der Waals surface area contributed by atoms with Gasteiger partial charge in [-0.2, -0.15) is 0 Å². The molecule has 1 aromatic heterocycles. The molecule has 0 aromatic carbocycles. The molecule has 2 rings (SSSR count). The number of thiazole rings is 1. The lowest BCUT2D eigenvalue weighted by Crippen LogP contribution is -2.38. The van der Waals surface area contributed by atoms with Crippen LogP contribution in [0.5, 0.6) is 0 Å². The van der Waals surface area contributed by atoms with E-state index in [1.807, 2.05) is 25.8 Å². The molecule has 0 radical (unpaired) electrons. The number of nitrogens with one attached hydrogen (secondary N) is 1. The summed E-state index contributed by atoms with van der Waals surface area (Å²) in [5.74, 6) is 0.342. The fraction of sp³-hybridized carbons (Fsp3) is 0.714. The van der Waals surface area contributed by atoms with E-state index in [2.05, 4.69) is 10.3 Å². The lowest BCUT2D eigenvalue weighted by Gasteiger charge is -2.30. The van der Waals surface area contributed by atoms with E-state index in [0.717, 1.165) is 18.0 Å². The summed E-state index contributed by atoms with van der Waals surface area (Å²) < 4.78 is 0. The van der Waals surface area contributed by atoms with Crippen molar-refractivity contribution in [2.24, 2.45) is 0 Å². The second-order valence-electron chi connectivity index (χ2n) is 5.74. The molecule has 0 saturated heterocycles. The SMILES string of the molecule is CC(C)Nc1nc(N)c(C(=O)N(C)C2CCCCC2)s1. The maximum Gasteiger partial charge on any atom is 0.267 e. The van der Waals surface area contributed by atoms with E-state index in [0.29, 0.717) is 16.7 Å². The molecular weight excluding hydrogens is 272 g/mol. The molecular formula is C14H24N4OS. The smallest absolute Gasteiger partial charge is 0.267 e. The van der Waals surface area contributed by atoms with E-state index in [4.69, 9.17) is 5.73 Å². The second-order valence-corrected chi connectivity index (χ2v) is 6.74.